The van der Waals surface area contributed by atoms with Crippen molar-refractivity contribution in [2.75, 3.05) is 0 Å². The van der Waals surface area contributed by atoms with Crippen LogP contribution < -0.4 is 0 Å². The molecule has 0 unspecified atom stereocenters. The SMILES string of the molecule is CC1=C2[C@H](CC3=CCC[C@H](C)[C@@]3(C)[C@@H]2O)OC1=O. The summed E-state index contributed by atoms with van der Waals surface area (Å²) in [6, 6.07) is 0. The van der Waals surface area contributed by atoms with Crippen molar-refractivity contribution < 1.29 is 14.6 Å². The quantitative estimate of drug-likeness (QED) is 0.529. The molecule has 18 heavy (non-hydrogen) atoms. The highest BCUT2D eigenvalue weighted by molar-refractivity contribution is 5.92. The molecule has 3 rings (SSSR count). The minimum Gasteiger partial charge on any atom is -0.454 e. The standard InChI is InChI=1S/C15H20O3/c1-8-5-4-6-10-7-11-12(9(2)14(17)18-11)13(16)15(8,10)3/h6,8,11,13,16H,4-5,7H2,1-3H3/t8-,11-,13+,15+/m0/s1. The molecule has 1 N–H and O–H groups in total. The number of aliphatic hydroxyl groups excluding tert-OH is 1. The highest BCUT2D eigenvalue weighted by Gasteiger charge is 2.53. The van der Waals surface area contributed by atoms with Gasteiger partial charge < -0.3 is 9.84 Å². The lowest BCUT2D eigenvalue weighted by Crippen LogP contribution is -2.49. The smallest absolute Gasteiger partial charge is 0.334 e. The number of hydrogen-bond acceptors (Lipinski definition) is 3. The van der Waals surface area contributed by atoms with Gasteiger partial charge in [0.25, 0.3) is 0 Å². The van der Waals surface area contributed by atoms with Gasteiger partial charge in [-0.3, -0.25) is 0 Å². The van der Waals surface area contributed by atoms with Crippen LogP contribution in [0.15, 0.2) is 22.8 Å². The largest absolute Gasteiger partial charge is 0.454 e. The fraction of sp³-hybridized carbons (Fsp3) is 0.667. The number of carbonyl (C=O) groups is 1. The average molecular weight is 248 g/mol. The van der Waals surface area contributed by atoms with E-state index in [1.54, 1.807) is 6.92 Å². The van der Waals surface area contributed by atoms with Gasteiger partial charge in [0.2, 0.25) is 0 Å². The molecule has 0 amide bonds. The van der Waals surface area contributed by atoms with E-state index in [9.17, 15) is 9.90 Å². The topological polar surface area (TPSA) is 46.5 Å². The molecule has 98 valence electrons. The fourth-order valence-corrected chi connectivity index (χ4v) is 3.79. The molecule has 1 aliphatic heterocycles. The summed E-state index contributed by atoms with van der Waals surface area (Å²) in [5, 5.41) is 10.8. The maximum absolute atomic E-state index is 11.7. The second-order valence-corrected chi connectivity index (χ2v) is 6.07. The van der Waals surface area contributed by atoms with Crippen LogP contribution in [-0.4, -0.2) is 23.3 Å². The monoisotopic (exact) mass is 248 g/mol. The van der Waals surface area contributed by atoms with E-state index in [4.69, 9.17) is 4.74 Å². The van der Waals surface area contributed by atoms with Crippen LogP contribution in [0.2, 0.25) is 0 Å². The van der Waals surface area contributed by atoms with Gasteiger partial charge in [-0.25, -0.2) is 4.79 Å². The van der Waals surface area contributed by atoms with E-state index < -0.39 is 6.10 Å². The van der Waals surface area contributed by atoms with E-state index in [1.807, 2.05) is 0 Å². The summed E-state index contributed by atoms with van der Waals surface area (Å²) in [5.41, 5.74) is 2.49. The number of aliphatic hydroxyl groups is 1. The molecular weight excluding hydrogens is 228 g/mol. The lowest BCUT2D eigenvalue weighted by Gasteiger charge is -2.49. The lowest BCUT2D eigenvalue weighted by molar-refractivity contribution is -0.140. The highest BCUT2D eigenvalue weighted by Crippen LogP contribution is 2.54. The van der Waals surface area contributed by atoms with Crippen LogP contribution >= 0.6 is 0 Å². The predicted molar refractivity (Wildman–Crippen MR) is 67.8 cm³/mol. The zero-order valence-electron chi connectivity index (χ0n) is 11.2. The molecule has 2 aliphatic carbocycles. The first-order valence-corrected chi connectivity index (χ1v) is 6.75. The lowest BCUT2D eigenvalue weighted by atomic mass is 9.57. The van der Waals surface area contributed by atoms with Crippen molar-refractivity contribution in [1.29, 1.82) is 0 Å². The normalized spacial score (nSPS) is 43.2. The fourth-order valence-electron chi connectivity index (χ4n) is 3.79. The Morgan fingerprint density at radius 3 is 2.94 bits per heavy atom. The molecule has 3 heteroatoms. The number of allylic oxidation sites excluding steroid dienone is 1. The summed E-state index contributed by atoms with van der Waals surface area (Å²) in [7, 11) is 0. The van der Waals surface area contributed by atoms with E-state index in [0.717, 1.165) is 24.8 Å². The Hall–Kier alpha value is -1.09. The minimum atomic E-state index is -0.579. The second-order valence-electron chi connectivity index (χ2n) is 6.07. The molecule has 0 bridgehead atoms. The first kappa shape index (κ1) is 12.0. The van der Waals surface area contributed by atoms with Crippen LogP contribution in [0, 0.1) is 11.3 Å². The van der Waals surface area contributed by atoms with Crippen molar-refractivity contribution in [2.24, 2.45) is 11.3 Å². The van der Waals surface area contributed by atoms with Gasteiger partial charge in [0.1, 0.15) is 6.10 Å². The third-order valence-electron chi connectivity index (χ3n) is 5.31. The van der Waals surface area contributed by atoms with Crippen molar-refractivity contribution in [1.82, 2.24) is 0 Å². The van der Waals surface area contributed by atoms with Gasteiger partial charge in [0.15, 0.2) is 0 Å². The Kier molecular flexibility index (Phi) is 2.46. The maximum Gasteiger partial charge on any atom is 0.334 e. The summed E-state index contributed by atoms with van der Waals surface area (Å²) in [6.07, 6.45) is 4.36. The van der Waals surface area contributed by atoms with E-state index in [-0.39, 0.29) is 17.5 Å². The van der Waals surface area contributed by atoms with Gasteiger partial charge >= 0.3 is 5.97 Å². The average Bonchev–Trinajstić information content (AvgIpc) is 2.60. The van der Waals surface area contributed by atoms with Crippen molar-refractivity contribution in [3.8, 4) is 0 Å². The molecule has 0 saturated heterocycles. The number of rotatable bonds is 0. The van der Waals surface area contributed by atoms with Gasteiger partial charge in [0, 0.05) is 23.0 Å². The first-order valence-electron chi connectivity index (χ1n) is 6.75. The molecular formula is C15H20O3. The summed E-state index contributed by atoms with van der Waals surface area (Å²) in [5.74, 6) is 0.175. The summed E-state index contributed by atoms with van der Waals surface area (Å²) in [6.45, 7) is 6.10. The van der Waals surface area contributed by atoms with Gasteiger partial charge in [-0.05, 0) is 25.7 Å². The third kappa shape index (κ3) is 1.31. The van der Waals surface area contributed by atoms with Crippen LogP contribution in [0.5, 0.6) is 0 Å². The van der Waals surface area contributed by atoms with Crippen LogP contribution in [0.3, 0.4) is 0 Å². The Balaban J connectivity index is 2.11. The Bertz CT molecular complexity index is 474. The summed E-state index contributed by atoms with van der Waals surface area (Å²) in [4.78, 5) is 11.7. The Morgan fingerprint density at radius 1 is 1.50 bits per heavy atom. The number of fused-ring (bicyclic) bond motifs is 2. The molecule has 1 saturated carbocycles. The Labute approximate surface area is 108 Å². The van der Waals surface area contributed by atoms with Gasteiger partial charge in [-0.1, -0.05) is 25.5 Å². The summed E-state index contributed by atoms with van der Waals surface area (Å²) >= 11 is 0. The highest BCUT2D eigenvalue weighted by atomic mass is 16.5. The van der Waals surface area contributed by atoms with E-state index in [0.29, 0.717) is 11.5 Å². The molecule has 0 spiro atoms. The molecule has 1 fully saturated rings. The van der Waals surface area contributed by atoms with Gasteiger partial charge in [-0.15, -0.1) is 0 Å². The molecule has 0 radical (unpaired) electrons. The van der Waals surface area contributed by atoms with Crippen molar-refractivity contribution in [2.45, 2.75) is 52.2 Å². The molecule has 0 aromatic heterocycles. The van der Waals surface area contributed by atoms with Crippen LogP contribution in [0.25, 0.3) is 0 Å². The van der Waals surface area contributed by atoms with E-state index in [1.165, 1.54) is 5.57 Å². The number of esters is 1. The number of ether oxygens (including phenoxy) is 1. The van der Waals surface area contributed by atoms with Crippen molar-refractivity contribution in [3.63, 3.8) is 0 Å². The summed E-state index contributed by atoms with van der Waals surface area (Å²) < 4.78 is 5.36. The molecule has 1 heterocycles. The minimum absolute atomic E-state index is 0.223. The molecule has 0 aromatic carbocycles. The molecule has 0 aromatic rings. The zero-order valence-corrected chi connectivity index (χ0v) is 11.2. The van der Waals surface area contributed by atoms with E-state index >= 15 is 0 Å². The van der Waals surface area contributed by atoms with Crippen molar-refractivity contribution >= 4 is 5.97 Å². The molecule has 3 nitrogen and oxygen atoms in total. The molecule has 3 aliphatic rings. The zero-order chi connectivity index (χ0) is 13.1. The third-order valence-corrected chi connectivity index (χ3v) is 5.31. The number of hydrogen-bond donors (Lipinski definition) is 1. The predicted octanol–water partition coefficient (Wildman–Crippen LogP) is 2.36. The Morgan fingerprint density at radius 2 is 2.22 bits per heavy atom. The molecule has 4 atom stereocenters. The van der Waals surface area contributed by atoms with Gasteiger partial charge in [-0.2, -0.15) is 0 Å². The second kappa shape index (κ2) is 3.70. The van der Waals surface area contributed by atoms with Crippen LogP contribution in [-0.2, 0) is 9.53 Å². The van der Waals surface area contributed by atoms with Gasteiger partial charge in [0.05, 0.1) is 6.10 Å². The van der Waals surface area contributed by atoms with Crippen LogP contribution in [0.1, 0.15) is 40.0 Å². The maximum atomic E-state index is 11.7. The first-order chi connectivity index (χ1) is 8.46. The van der Waals surface area contributed by atoms with Crippen molar-refractivity contribution in [3.05, 3.63) is 22.8 Å². The number of carbonyl (C=O) groups excluding carboxylic acids is 1. The van der Waals surface area contributed by atoms with Crippen LogP contribution in [0.4, 0.5) is 0 Å². The van der Waals surface area contributed by atoms with E-state index in [2.05, 4.69) is 19.9 Å².